The molecule has 128 valence electrons. The first-order valence-corrected chi connectivity index (χ1v) is 8.17. The molecule has 2 aromatic carbocycles. The zero-order chi connectivity index (χ0) is 17.8. The number of hydrogen-bond donors (Lipinski definition) is 2. The van der Waals surface area contributed by atoms with Gasteiger partial charge in [-0.3, -0.25) is 4.79 Å². The third kappa shape index (κ3) is 4.36. The van der Waals surface area contributed by atoms with Gasteiger partial charge in [0.05, 0.1) is 22.7 Å². The van der Waals surface area contributed by atoms with Crippen molar-refractivity contribution < 1.29 is 9.90 Å². The minimum Gasteiger partial charge on any atom is -0.386 e. The fraction of sp³-hybridized carbons (Fsp3) is 0.118. The van der Waals surface area contributed by atoms with Crippen molar-refractivity contribution >= 4 is 34.8 Å². The van der Waals surface area contributed by atoms with E-state index in [0.29, 0.717) is 15.7 Å². The maximum atomic E-state index is 12.2. The van der Waals surface area contributed by atoms with E-state index in [1.54, 1.807) is 12.1 Å². The van der Waals surface area contributed by atoms with Gasteiger partial charge in [0.25, 0.3) is 5.91 Å². The molecule has 1 heterocycles. The van der Waals surface area contributed by atoms with Crippen molar-refractivity contribution in [2.75, 3.05) is 5.32 Å². The lowest BCUT2D eigenvalue weighted by atomic mass is 10.1. The van der Waals surface area contributed by atoms with Gasteiger partial charge in [0.15, 0.2) is 0 Å². The van der Waals surface area contributed by atoms with Gasteiger partial charge < -0.3 is 10.4 Å². The standard InChI is InChI=1S/C17H14Cl2N4O2/c18-13-7-6-12(8-14(13)19)21-17(25)16-20-10-23(22-16)9-15(24)11-4-2-1-3-5-11/h1-8,10,15,24H,9H2,(H,21,25)/t15-/m0/s1. The maximum Gasteiger partial charge on any atom is 0.295 e. The SMILES string of the molecule is O=C(Nc1ccc(Cl)c(Cl)c1)c1ncn(C[C@H](O)c2ccccc2)n1. The van der Waals surface area contributed by atoms with Crippen LogP contribution in [0.15, 0.2) is 54.9 Å². The fourth-order valence-corrected chi connectivity index (χ4v) is 2.50. The molecule has 0 saturated heterocycles. The third-order valence-corrected chi connectivity index (χ3v) is 4.20. The van der Waals surface area contributed by atoms with Gasteiger partial charge in [0, 0.05) is 5.69 Å². The Bertz CT molecular complexity index is 883. The number of aliphatic hydroxyl groups excluding tert-OH is 1. The summed E-state index contributed by atoms with van der Waals surface area (Å²) in [5.74, 6) is -0.488. The molecule has 0 radical (unpaired) electrons. The average molecular weight is 377 g/mol. The molecule has 0 aliphatic heterocycles. The molecule has 0 unspecified atom stereocenters. The van der Waals surface area contributed by atoms with Crippen LogP contribution in [-0.4, -0.2) is 25.8 Å². The van der Waals surface area contributed by atoms with E-state index in [-0.39, 0.29) is 12.4 Å². The summed E-state index contributed by atoms with van der Waals surface area (Å²) < 4.78 is 1.42. The van der Waals surface area contributed by atoms with Gasteiger partial charge in [-0.15, -0.1) is 5.10 Å². The van der Waals surface area contributed by atoms with Crippen LogP contribution < -0.4 is 5.32 Å². The molecular formula is C17H14Cl2N4O2. The van der Waals surface area contributed by atoms with Crippen LogP contribution >= 0.6 is 23.2 Å². The van der Waals surface area contributed by atoms with Gasteiger partial charge in [-0.1, -0.05) is 53.5 Å². The van der Waals surface area contributed by atoms with Crippen molar-refractivity contribution in [2.24, 2.45) is 0 Å². The Balaban J connectivity index is 1.66. The van der Waals surface area contributed by atoms with E-state index in [2.05, 4.69) is 15.4 Å². The van der Waals surface area contributed by atoms with Crippen LogP contribution in [0.3, 0.4) is 0 Å². The van der Waals surface area contributed by atoms with Gasteiger partial charge in [-0.2, -0.15) is 0 Å². The van der Waals surface area contributed by atoms with Crippen LogP contribution in [0.25, 0.3) is 0 Å². The molecule has 0 aliphatic rings. The molecule has 0 fully saturated rings. The summed E-state index contributed by atoms with van der Waals surface area (Å²) >= 11 is 11.8. The number of halogens is 2. The minimum absolute atomic E-state index is 0.00802. The van der Waals surface area contributed by atoms with Crippen LogP contribution in [0.2, 0.25) is 10.0 Å². The summed E-state index contributed by atoms with van der Waals surface area (Å²) in [6.07, 6.45) is 0.657. The number of nitrogens with one attached hydrogen (secondary N) is 1. The fourth-order valence-electron chi connectivity index (χ4n) is 2.21. The zero-order valence-electron chi connectivity index (χ0n) is 12.9. The number of aromatic nitrogens is 3. The van der Waals surface area contributed by atoms with Crippen molar-refractivity contribution in [1.82, 2.24) is 14.8 Å². The first-order chi connectivity index (χ1) is 12.0. The first-order valence-electron chi connectivity index (χ1n) is 7.42. The highest BCUT2D eigenvalue weighted by atomic mass is 35.5. The number of carbonyl (C=O) groups excluding carboxylic acids is 1. The number of carbonyl (C=O) groups is 1. The quantitative estimate of drug-likeness (QED) is 0.713. The Labute approximate surface area is 154 Å². The number of hydrogen-bond acceptors (Lipinski definition) is 4. The monoisotopic (exact) mass is 376 g/mol. The minimum atomic E-state index is -0.742. The van der Waals surface area contributed by atoms with Crippen molar-refractivity contribution in [2.45, 2.75) is 12.6 Å². The topological polar surface area (TPSA) is 80.0 Å². The highest BCUT2D eigenvalue weighted by Gasteiger charge is 2.14. The summed E-state index contributed by atoms with van der Waals surface area (Å²) in [4.78, 5) is 16.2. The number of anilines is 1. The van der Waals surface area contributed by atoms with Crippen LogP contribution in [-0.2, 0) is 6.54 Å². The third-order valence-electron chi connectivity index (χ3n) is 3.46. The lowest BCUT2D eigenvalue weighted by Crippen LogP contribution is -2.15. The first kappa shape index (κ1) is 17.4. The number of benzene rings is 2. The van der Waals surface area contributed by atoms with E-state index in [1.165, 1.54) is 17.1 Å². The molecule has 25 heavy (non-hydrogen) atoms. The lowest BCUT2D eigenvalue weighted by molar-refractivity contribution is 0.101. The van der Waals surface area contributed by atoms with Gasteiger partial charge in [-0.25, -0.2) is 9.67 Å². The molecule has 3 rings (SSSR count). The van der Waals surface area contributed by atoms with Crippen LogP contribution in [0, 0.1) is 0 Å². The maximum absolute atomic E-state index is 12.2. The highest BCUT2D eigenvalue weighted by molar-refractivity contribution is 6.42. The second-order valence-electron chi connectivity index (χ2n) is 5.30. The molecule has 0 saturated carbocycles. The smallest absolute Gasteiger partial charge is 0.295 e. The number of nitrogens with zero attached hydrogens (tertiary/aromatic N) is 3. The van der Waals surface area contributed by atoms with Crippen LogP contribution in [0.5, 0.6) is 0 Å². The molecule has 1 amide bonds. The zero-order valence-corrected chi connectivity index (χ0v) is 14.4. The molecule has 8 heteroatoms. The summed E-state index contributed by atoms with van der Waals surface area (Å²) in [7, 11) is 0. The second-order valence-corrected chi connectivity index (χ2v) is 6.11. The molecule has 1 aromatic heterocycles. The van der Waals surface area contributed by atoms with Crippen LogP contribution in [0.1, 0.15) is 22.3 Å². The molecule has 2 N–H and O–H groups in total. The van der Waals surface area contributed by atoms with Gasteiger partial charge >= 0.3 is 0 Å². The van der Waals surface area contributed by atoms with Crippen molar-refractivity contribution in [3.63, 3.8) is 0 Å². The molecule has 6 nitrogen and oxygen atoms in total. The van der Waals surface area contributed by atoms with Crippen LogP contribution in [0.4, 0.5) is 5.69 Å². The van der Waals surface area contributed by atoms with Crippen molar-refractivity contribution in [1.29, 1.82) is 0 Å². The summed E-state index contributed by atoms with van der Waals surface area (Å²) in [5.41, 5.74) is 1.25. The molecule has 0 bridgehead atoms. The Morgan fingerprint density at radius 1 is 1.16 bits per heavy atom. The molecule has 0 aliphatic carbocycles. The number of amides is 1. The van der Waals surface area contributed by atoms with E-state index < -0.39 is 12.0 Å². The predicted octanol–water partition coefficient (Wildman–Crippen LogP) is 3.57. The van der Waals surface area contributed by atoms with Crippen molar-refractivity contribution in [3.8, 4) is 0 Å². The average Bonchev–Trinajstić information content (AvgIpc) is 3.07. The lowest BCUT2D eigenvalue weighted by Gasteiger charge is -2.10. The Hall–Kier alpha value is -2.41. The summed E-state index contributed by atoms with van der Waals surface area (Å²) in [5, 5.41) is 17.7. The van der Waals surface area contributed by atoms with E-state index >= 15 is 0 Å². The Morgan fingerprint density at radius 3 is 2.64 bits per heavy atom. The number of rotatable bonds is 5. The van der Waals surface area contributed by atoms with E-state index in [0.717, 1.165) is 5.56 Å². The molecule has 0 spiro atoms. The number of aliphatic hydroxyl groups is 1. The predicted molar refractivity (Wildman–Crippen MR) is 95.8 cm³/mol. The Morgan fingerprint density at radius 2 is 1.92 bits per heavy atom. The van der Waals surface area contributed by atoms with E-state index in [1.807, 2.05) is 30.3 Å². The molecular weight excluding hydrogens is 363 g/mol. The highest BCUT2D eigenvalue weighted by Crippen LogP contribution is 2.25. The van der Waals surface area contributed by atoms with Gasteiger partial charge in [-0.05, 0) is 23.8 Å². The second kappa shape index (κ2) is 7.65. The summed E-state index contributed by atoms with van der Waals surface area (Å²) in [6, 6.07) is 13.9. The van der Waals surface area contributed by atoms with Crippen molar-refractivity contribution in [3.05, 3.63) is 76.3 Å². The molecule has 3 aromatic rings. The largest absolute Gasteiger partial charge is 0.386 e. The van der Waals surface area contributed by atoms with Gasteiger partial charge in [0.1, 0.15) is 6.33 Å². The normalized spacial score (nSPS) is 12.0. The van der Waals surface area contributed by atoms with Gasteiger partial charge in [0.2, 0.25) is 5.82 Å². The summed E-state index contributed by atoms with van der Waals surface area (Å²) in [6.45, 7) is 0.192. The van der Waals surface area contributed by atoms with E-state index in [4.69, 9.17) is 23.2 Å². The Kier molecular flexibility index (Phi) is 5.33. The molecule has 1 atom stereocenters. The van der Waals surface area contributed by atoms with E-state index in [9.17, 15) is 9.90 Å².